The number of nitrogens with zero attached hydrogens (tertiary/aromatic N) is 1. The van der Waals surface area contributed by atoms with Crippen LogP contribution in [0.4, 0.5) is 15.8 Å². The quantitative estimate of drug-likeness (QED) is 0.891. The van der Waals surface area contributed by atoms with Crippen LogP contribution in [-0.4, -0.2) is 19.7 Å². The average molecular weight is 309 g/mol. The SMILES string of the molecule is CC(Nc1ccc(F)c(NS(C)(=O)=O)c1)c1ccccn1. The predicted octanol–water partition coefficient (Wildman–Crippen LogP) is 2.77. The minimum atomic E-state index is -3.53. The lowest BCUT2D eigenvalue weighted by Gasteiger charge is -2.16. The average Bonchev–Trinajstić information content (AvgIpc) is 2.42. The summed E-state index contributed by atoms with van der Waals surface area (Å²) < 4.78 is 38.1. The standard InChI is InChI=1S/C14H16FN3O2S/c1-10(13-5-3-4-8-16-13)17-11-6-7-12(15)14(9-11)18-21(2,19)20/h3-10,17-18H,1-2H3. The highest BCUT2D eigenvalue weighted by Crippen LogP contribution is 2.23. The third-order valence-corrected chi connectivity index (χ3v) is 3.37. The maximum atomic E-state index is 13.6. The number of halogens is 1. The molecular weight excluding hydrogens is 293 g/mol. The summed E-state index contributed by atoms with van der Waals surface area (Å²) in [6.45, 7) is 1.91. The molecule has 0 spiro atoms. The van der Waals surface area contributed by atoms with Crippen LogP contribution in [-0.2, 0) is 10.0 Å². The van der Waals surface area contributed by atoms with Gasteiger partial charge in [-0.25, -0.2) is 12.8 Å². The van der Waals surface area contributed by atoms with Crippen molar-refractivity contribution in [3.63, 3.8) is 0 Å². The van der Waals surface area contributed by atoms with E-state index in [1.165, 1.54) is 12.1 Å². The van der Waals surface area contributed by atoms with E-state index < -0.39 is 15.8 Å². The zero-order chi connectivity index (χ0) is 15.5. The van der Waals surface area contributed by atoms with Crippen molar-refractivity contribution in [2.45, 2.75) is 13.0 Å². The van der Waals surface area contributed by atoms with Gasteiger partial charge in [0.2, 0.25) is 10.0 Å². The molecule has 0 saturated carbocycles. The molecule has 0 saturated heterocycles. The lowest BCUT2D eigenvalue weighted by atomic mass is 10.2. The van der Waals surface area contributed by atoms with Crippen LogP contribution in [0.15, 0.2) is 42.6 Å². The molecule has 1 aromatic carbocycles. The summed E-state index contributed by atoms with van der Waals surface area (Å²) in [5.74, 6) is -0.628. The second-order valence-electron chi connectivity index (χ2n) is 4.69. The van der Waals surface area contributed by atoms with Crippen LogP contribution < -0.4 is 10.0 Å². The summed E-state index contributed by atoms with van der Waals surface area (Å²) in [5, 5.41) is 3.15. The zero-order valence-corrected chi connectivity index (χ0v) is 12.5. The fraction of sp³-hybridized carbons (Fsp3) is 0.214. The highest BCUT2D eigenvalue weighted by molar-refractivity contribution is 7.92. The van der Waals surface area contributed by atoms with E-state index in [9.17, 15) is 12.8 Å². The third-order valence-electron chi connectivity index (χ3n) is 2.78. The monoisotopic (exact) mass is 309 g/mol. The largest absolute Gasteiger partial charge is 0.377 e. The van der Waals surface area contributed by atoms with E-state index in [1.54, 1.807) is 12.3 Å². The van der Waals surface area contributed by atoms with Crippen molar-refractivity contribution >= 4 is 21.4 Å². The minimum absolute atomic E-state index is 0.0873. The molecule has 1 unspecified atom stereocenters. The maximum absolute atomic E-state index is 13.6. The van der Waals surface area contributed by atoms with Crippen LogP contribution in [0.25, 0.3) is 0 Å². The van der Waals surface area contributed by atoms with Gasteiger partial charge in [-0.15, -0.1) is 0 Å². The van der Waals surface area contributed by atoms with E-state index in [1.807, 2.05) is 25.1 Å². The fourth-order valence-electron chi connectivity index (χ4n) is 1.85. The van der Waals surface area contributed by atoms with Crippen molar-refractivity contribution in [1.29, 1.82) is 0 Å². The van der Waals surface area contributed by atoms with Crippen molar-refractivity contribution in [2.75, 3.05) is 16.3 Å². The Morgan fingerprint density at radius 3 is 2.62 bits per heavy atom. The van der Waals surface area contributed by atoms with Crippen molar-refractivity contribution in [3.05, 3.63) is 54.1 Å². The Morgan fingerprint density at radius 1 is 1.24 bits per heavy atom. The van der Waals surface area contributed by atoms with E-state index in [2.05, 4.69) is 15.0 Å². The first-order valence-electron chi connectivity index (χ1n) is 6.30. The maximum Gasteiger partial charge on any atom is 0.229 e. The van der Waals surface area contributed by atoms with Crippen molar-refractivity contribution in [1.82, 2.24) is 4.98 Å². The fourth-order valence-corrected chi connectivity index (χ4v) is 2.40. The van der Waals surface area contributed by atoms with E-state index in [4.69, 9.17) is 0 Å². The molecule has 0 aliphatic carbocycles. The smallest absolute Gasteiger partial charge is 0.229 e. The molecule has 5 nitrogen and oxygen atoms in total. The predicted molar refractivity (Wildman–Crippen MR) is 81.1 cm³/mol. The van der Waals surface area contributed by atoms with Gasteiger partial charge in [-0.1, -0.05) is 6.07 Å². The summed E-state index contributed by atoms with van der Waals surface area (Å²) in [7, 11) is -3.53. The number of pyridine rings is 1. The van der Waals surface area contributed by atoms with Crippen LogP contribution in [0, 0.1) is 5.82 Å². The van der Waals surface area contributed by atoms with Crippen molar-refractivity contribution < 1.29 is 12.8 Å². The molecular formula is C14H16FN3O2S. The number of hydrogen-bond donors (Lipinski definition) is 2. The van der Waals surface area contributed by atoms with E-state index in [-0.39, 0.29) is 11.7 Å². The highest BCUT2D eigenvalue weighted by atomic mass is 32.2. The molecule has 2 N–H and O–H groups in total. The summed E-state index contributed by atoms with van der Waals surface area (Å²) in [6.07, 6.45) is 2.66. The number of nitrogens with one attached hydrogen (secondary N) is 2. The van der Waals surface area contributed by atoms with E-state index >= 15 is 0 Å². The van der Waals surface area contributed by atoms with Gasteiger partial charge in [0, 0.05) is 11.9 Å². The van der Waals surface area contributed by atoms with Gasteiger partial charge in [0.15, 0.2) is 0 Å². The summed E-state index contributed by atoms with van der Waals surface area (Å²) in [4.78, 5) is 4.23. The van der Waals surface area contributed by atoms with Gasteiger partial charge in [0.05, 0.1) is 23.7 Å². The second-order valence-corrected chi connectivity index (χ2v) is 6.44. The molecule has 0 amide bonds. The topological polar surface area (TPSA) is 71.1 Å². The van der Waals surface area contributed by atoms with Crippen molar-refractivity contribution in [2.24, 2.45) is 0 Å². The van der Waals surface area contributed by atoms with Crippen molar-refractivity contribution in [3.8, 4) is 0 Å². The molecule has 2 rings (SSSR count). The normalized spacial score (nSPS) is 12.7. The first kappa shape index (κ1) is 15.2. The van der Waals surface area contributed by atoms with Gasteiger partial charge < -0.3 is 5.32 Å². The van der Waals surface area contributed by atoms with Gasteiger partial charge in [-0.2, -0.15) is 0 Å². The number of benzene rings is 1. The van der Waals surface area contributed by atoms with Crippen LogP contribution in [0.5, 0.6) is 0 Å². The molecule has 21 heavy (non-hydrogen) atoms. The molecule has 2 aromatic rings. The van der Waals surface area contributed by atoms with Gasteiger partial charge in [-0.3, -0.25) is 9.71 Å². The van der Waals surface area contributed by atoms with Gasteiger partial charge in [-0.05, 0) is 37.3 Å². The molecule has 0 aliphatic rings. The first-order chi connectivity index (χ1) is 9.85. The zero-order valence-electron chi connectivity index (χ0n) is 11.7. The number of aromatic nitrogens is 1. The lowest BCUT2D eigenvalue weighted by Crippen LogP contribution is -2.12. The van der Waals surface area contributed by atoms with Crippen LogP contribution >= 0.6 is 0 Å². The molecule has 0 aliphatic heterocycles. The van der Waals surface area contributed by atoms with Gasteiger partial charge in [0.1, 0.15) is 5.82 Å². The number of sulfonamides is 1. The Kier molecular flexibility index (Phi) is 4.42. The van der Waals surface area contributed by atoms with Crippen LogP contribution in [0.2, 0.25) is 0 Å². The minimum Gasteiger partial charge on any atom is -0.377 e. The van der Waals surface area contributed by atoms with Gasteiger partial charge in [0.25, 0.3) is 0 Å². The van der Waals surface area contributed by atoms with Gasteiger partial charge >= 0.3 is 0 Å². The molecule has 7 heteroatoms. The number of hydrogen-bond acceptors (Lipinski definition) is 4. The van der Waals surface area contributed by atoms with E-state index in [0.717, 1.165) is 11.9 Å². The molecule has 1 aromatic heterocycles. The molecule has 0 radical (unpaired) electrons. The Hall–Kier alpha value is -2.15. The Balaban J connectivity index is 2.19. The van der Waals surface area contributed by atoms with Crippen LogP contribution in [0.3, 0.4) is 0 Å². The summed E-state index contributed by atoms with van der Waals surface area (Å²) >= 11 is 0. The number of anilines is 2. The molecule has 0 bridgehead atoms. The second kappa shape index (κ2) is 6.09. The Morgan fingerprint density at radius 2 is 2.00 bits per heavy atom. The third kappa shape index (κ3) is 4.42. The first-order valence-corrected chi connectivity index (χ1v) is 8.19. The summed E-state index contributed by atoms with van der Waals surface area (Å²) in [5.41, 5.74) is 1.34. The lowest BCUT2D eigenvalue weighted by molar-refractivity contribution is 0.603. The Bertz CT molecular complexity index is 720. The Labute approximate surface area is 123 Å². The molecule has 112 valence electrons. The number of rotatable bonds is 5. The molecule has 1 heterocycles. The highest BCUT2D eigenvalue weighted by Gasteiger charge is 2.11. The van der Waals surface area contributed by atoms with Crippen LogP contribution in [0.1, 0.15) is 18.7 Å². The summed E-state index contributed by atoms with van der Waals surface area (Å²) in [6, 6.07) is 9.64. The molecule has 0 fully saturated rings. The molecule has 1 atom stereocenters. The van der Waals surface area contributed by atoms with E-state index in [0.29, 0.717) is 5.69 Å².